The van der Waals surface area contributed by atoms with Gasteiger partial charge in [0.2, 0.25) is 5.91 Å². The van der Waals surface area contributed by atoms with Gasteiger partial charge in [0.1, 0.15) is 5.60 Å². The van der Waals surface area contributed by atoms with Gasteiger partial charge in [-0.2, -0.15) is 0 Å². The third kappa shape index (κ3) is 10.5. The van der Waals surface area contributed by atoms with E-state index >= 15 is 0 Å². The fraction of sp³-hybridized carbons (Fsp3) is 0.524. The van der Waals surface area contributed by atoms with Crippen molar-refractivity contribution in [1.82, 2.24) is 5.32 Å². The summed E-state index contributed by atoms with van der Waals surface area (Å²) in [5, 5.41) is 2.81. The van der Waals surface area contributed by atoms with E-state index in [0.717, 1.165) is 11.1 Å². The lowest BCUT2D eigenvalue weighted by Crippen LogP contribution is -2.36. The number of nitrogens with one attached hydrogen (secondary N) is 1. The molecule has 0 heterocycles. The largest absolute Gasteiger partial charge is 0.457 e. The fourth-order valence-corrected chi connectivity index (χ4v) is 2.23. The molecule has 0 radical (unpaired) electrons. The van der Waals surface area contributed by atoms with Crippen molar-refractivity contribution in [2.24, 2.45) is 0 Å². The van der Waals surface area contributed by atoms with Crippen LogP contribution in [0.25, 0.3) is 6.08 Å². The van der Waals surface area contributed by atoms with Crippen LogP contribution in [0.4, 0.5) is 0 Å². The molecule has 0 fully saturated rings. The first-order valence-electron chi connectivity index (χ1n) is 9.23. The predicted octanol–water partition coefficient (Wildman–Crippen LogP) is 3.10. The first-order chi connectivity index (χ1) is 12.7. The molecule has 1 aromatic carbocycles. The minimum atomic E-state index is -0.512. The summed E-state index contributed by atoms with van der Waals surface area (Å²) in [5.74, 6) is -0.486. The maximum atomic E-state index is 12.1. The number of esters is 1. The molecule has 0 saturated carbocycles. The molecule has 6 nitrogen and oxygen atoms in total. The van der Waals surface area contributed by atoms with E-state index in [2.05, 4.69) is 5.32 Å². The highest BCUT2D eigenvalue weighted by Gasteiger charge is 2.14. The second kappa shape index (κ2) is 11.5. The standard InChI is InChI=1S/C21H31NO5/c1-6-25-20(26-7-2)15-22-18(23)14-17-10-8-16(9-11-17)12-13-19(24)27-21(3,4)5/h8-13,20H,6-7,14-15H2,1-5H3,(H,22,23). The van der Waals surface area contributed by atoms with Crippen LogP contribution in [0.2, 0.25) is 0 Å². The SMILES string of the molecule is CCOC(CNC(=O)Cc1ccc(C=CC(=O)OC(C)(C)C)cc1)OCC. The summed E-state index contributed by atoms with van der Waals surface area (Å²) >= 11 is 0. The van der Waals surface area contributed by atoms with Crippen molar-refractivity contribution in [1.29, 1.82) is 0 Å². The molecule has 0 unspecified atom stereocenters. The number of ether oxygens (including phenoxy) is 3. The van der Waals surface area contributed by atoms with Crippen LogP contribution >= 0.6 is 0 Å². The summed E-state index contributed by atoms with van der Waals surface area (Å²) < 4.78 is 16.0. The molecule has 0 aliphatic heterocycles. The van der Waals surface area contributed by atoms with E-state index in [1.165, 1.54) is 6.08 Å². The number of rotatable bonds is 10. The van der Waals surface area contributed by atoms with Gasteiger partial charge >= 0.3 is 5.97 Å². The van der Waals surface area contributed by atoms with Gasteiger partial charge in [0.05, 0.1) is 13.0 Å². The molecular formula is C21H31NO5. The number of carbonyl (C=O) groups is 2. The minimum Gasteiger partial charge on any atom is -0.457 e. The van der Waals surface area contributed by atoms with Gasteiger partial charge in [-0.05, 0) is 51.8 Å². The summed E-state index contributed by atoms with van der Waals surface area (Å²) in [6.45, 7) is 10.6. The van der Waals surface area contributed by atoms with E-state index < -0.39 is 11.9 Å². The molecule has 0 aliphatic rings. The lowest BCUT2D eigenvalue weighted by atomic mass is 10.1. The van der Waals surface area contributed by atoms with Crippen LogP contribution < -0.4 is 5.32 Å². The number of benzene rings is 1. The number of hydrogen-bond acceptors (Lipinski definition) is 5. The fourth-order valence-electron chi connectivity index (χ4n) is 2.23. The van der Waals surface area contributed by atoms with Gasteiger partial charge in [-0.25, -0.2) is 4.79 Å². The second-order valence-electron chi connectivity index (χ2n) is 6.93. The molecule has 150 valence electrons. The second-order valence-corrected chi connectivity index (χ2v) is 6.93. The highest BCUT2D eigenvalue weighted by Crippen LogP contribution is 2.10. The van der Waals surface area contributed by atoms with Crippen molar-refractivity contribution >= 4 is 18.0 Å². The zero-order valence-corrected chi connectivity index (χ0v) is 16.9. The normalized spacial score (nSPS) is 11.8. The highest BCUT2D eigenvalue weighted by molar-refractivity contribution is 5.87. The van der Waals surface area contributed by atoms with Crippen molar-refractivity contribution in [3.05, 3.63) is 41.5 Å². The van der Waals surface area contributed by atoms with Gasteiger partial charge < -0.3 is 19.5 Å². The summed E-state index contributed by atoms with van der Waals surface area (Å²) in [4.78, 5) is 23.7. The zero-order valence-electron chi connectivity index (χ0n) is 16.9. The Hall–Kier alpha value is -2.18. The van der Waals surface area contributed by atoms with Crippen molar-refractivity contribution in [3.8, 4) is 0 Å². The summed E-state index contributed by atoms with van der Waals surface area (Å²) in [6.07, 6.45) is 2.92. The van der Waals surface area contributed by atoms with Gasteiger partial charge in [-0.3, -0.25) is 4.79 Å². The average molecular weight is 377 g/mol. The van der Waals surface area contributed by atoms with Crippen LogP contribution in [0.1, 0.15) is 45.7 Å². The Morgan fingerprint density at radius 2 is 1.67 bits per heavy atom. The summed E-state index contributed by atoms with van der Waals surface area (Å²) in [6, 6.07) is 7.42. The molecular weight excluding hydrogens is 346 g/mol. The van der Waals surface area contributed by atoms with Crippen molar-refractivity contribution in [2.45, 2.75) is 52.9 Å². The Balaban J connectivity index is 2.49. The molecule has 1 rings (SSSR count). The van der Waals surface area contributed by atoms with Gasteiger partial charge in [0, 0.05) is 19.3 Å². The Bertz CT molecular complexity index is 610. The zero-order chi connectivity index (χ0) is 20.3. The van der Waals surface area contributed by atoms with Crippen LogP contribution in [-0.4, -0.2) is 43.5 Å². The lowest BCUT2D eigenvalue weighted by molar-refractivity contribution is -0.148. The number of amides is 1. The minimum absolute atomic E-state index is 0.101. The topological polar surface area (TPSA) is 73.9 Å². The Morgan fingerprint density at radius 3 is 2.19 bits per heavy atom. The van der Waals surface area contributed by atoms with E-state index in [1.807, 2.05) is 58.9 Å². The molecule has 0 spiro atoms. The predicted molar refractivity (Wildman–Crippen MR) is 105 cm³/mol. The van der Waals surface area contributed by atoms with Crippen LogP contribution in [0.5, 0.6) is 0 Å². The molecule has 27 heavy (non-hydrogen) atoms. The molecule has 0 atom stereocenters. The van der Waals surface area contributed by atoms with E-state index in [1.54, 1.807) is 6.08 Å². The molecule has 1 N–H and O–H groups in total. The first-order valence-corrected chi connectivity index (χ1v) is 9.23. The van der Waals surface area contributed by atoms with E-state index in [9.17, 15) is 9.59 Å². The van der Waals surface area contributed by atoms with Crippen molar-refractivity contribution in [3.63, 3.8) is 0 Å². The quantitative estimate of drug-likeness (QED) is 0.385. The number of hydrogen-bond donors (Lipinski definition) is 1. The molecule has 0 bridgehead atoms. The number of carbonyl (C=O) groups excluding carboxylic acids is 2. The Labute approximate surface area is 161 Å². The van der Waals surface area contributed by atoms with Gasteiger partial charge in [-0.15, -0.1) is 0 Å². The third-order valence-electron chi connectivity index (χ3n) is 3.33. The maximum Gasteiger partial charge on any atom is 0.331 e. The molecule has 0 aliphatic carbocycles. The van der Waals surface area contributed by atoms with Crippen molar-refractivity contribution < 1.29 is 23.8 Å². The lowest BCUT2D eigenvalue weighted by Gasteiger charge is -2.17. The molecule has 6 heteroatoms. The van der Waals surface area contributed by atoms with Gasteiger partial charge in [0.15, 0.2) is 6.29 Å². The molecule has 1 amide bonds. The monoisotopic (exact) mass is 377 g/mol. The van der Waals surface area contributed by atoms with Crippen LogP contribution in [-0.2, 0) is 30.2 Å². The molecule has 0 saturated heterocycles. The highest BCUT2D eigenvalue weighted by atomic mass is 16.7. The Morgan fingerprint density at radius 1 is 1.07 bits per heavy atom. The average Bonchev–Trinajstić information content (AvgIpc) is 2.58. The van der Waals surface area contributed by atoms with Crippen LogP contribution in [0, 0.1) is 0 Å². The maximum absolute atomic E-state index is 12.1. The summed E-state index contributed by atoms with van der Waals surface area (Å²) in [7, 11) is 0. The first kappa shape index (κ1) is 22.9. The molecule has 1 aromatic rings. The smallest absolute Gasteiger partial charge is 0.331 e. The van der Waals surface area contributed by atoms with Gasteiger partial charge in [0.25, 0.3) is 0 Å². The van der Waals surface area contributed by atoms with E-state index in [4.69, 9.17) is 14.2 Å². The van der Waals surface area contributed by atoms with E-state index in [-0.39, 0.29) is 18.3 Å². The van der Waals surface area contributed by atoms with Gasteiger partial charge in [-0.1, -0.05) is 24.3 Å². The Kier molecular flexibility index (Phi) is 9.75. The van der Waals surface area contributed by atoms with E-state index in [0.29, 0.717) is 19.8 Å². The third-order valence-corrected chi connectivity index (χ3v) is 3.33. The van der Waals surface area contributed by atoms with Crippen molar-refractivity contribution in [2.75, 3.05) is 19.8 Å². The summed E-state index contributed by atoms with van der Waals surface area (Å²) in [5.41, 5.74) is 1.23. The van der Waals surface area contributed by atoms with Crippen LogP contribution in [0.3, 0.4) is 0 Å². The van der Waals surface area contributed by atoms with Crippen LogP contribution in [0.15, 0.2) is 30.3 Å². The molecule has 0 aromatic heterocycles.